The Morgan fingerprint density at radius 2 is 1.76 bits per heavy atom. The minimum atomic E-state index is -1.01. The van der Waals surface area contributed by atoms with E-state index in [1.54, 1.807) is 65.6 Å². The van der Waals surface area contributed by atoms with Gasteiger partial charge in [0.2, 0.25) is 5.69 Å². The summed E-state index contributed by atoms with van der Waals surface area (Å²) in [5.74, 6) is -1.37. The SMILES string of the molecule is O=C(O)c1ccc(-c2cnn(C(Cc3ccc(F)cc3)c3ccc(-c4cc(Cl)ccc4-n4cnnn4)c[n+]3[O-])c2)cc1. The first-order chi connectivity index (χ1) is 20.4. The van der Waals surface area contributed by atoms with Crippen molar-refractivity contribution in [1.82, 2.24) is 30.0 Å². The van der Waals surface area contributed by atoms with Crippen LogP contribution in [0.1, 0.15) is 27.7 Å². The predicted octanol–water partition coefficient (Wildman–Crippen LogP) is 5.15. The molecule has 0 spiro atoms. The molecule has 10 nitrogen and oxygen atoms in total. The molecule has 3 aromatic heterocycles. The molecule has 3 heterocycles. The van der Waals surface area contributed by atoms with Gasteiger partial charge in [0, 0.05) is 40.4 Å². The first-order valence-corrected chi connectivity index (χ1v) is 13.1. The summed E-state index contributed by atoms with van der Waals surface area (Å²) in [4.78, 5) is 11.2. The van der Waals surface area contributed by atoms with Crippen LogP contribution in [0.15, 0.2) is 104 Å². The highest BCUT2D eigenvalue weighted by Gasteiger charge is 2.25. The van der Waals surface area contributed by atoms with Gasteiger partial charge in [0.15, 0.2) is 6.20 Å². The van der Waals surface area contributed by atoms with Crippen molar-refractivity contribution in [3.8, 4) is 27.9 Å². The summed E-state index contributed by atoms with van der Waals surface area (Å²) in [6.07, 6.45) is 6.72. The van der Waals surface area contributed by atoms with Gasteiger partial charge in [-0.3, -0.25) is 4.68 Å². The number of nitrogens with zero attached hydrogens (tertiary/aromatic N) is 7. The summed E-state index contributed by atoms with van der Waals surface area (Å²) in [5, 5.41) is 39.2. The van der Waals surface area contributed by atoms with Gasteiger partial charge in [-0.1, -0.05) is 35.9 Å². The molecule has 12 heteroatoms. The molecule has 0 aliphatic carbocycles. The summed E-state index contributed by atoms with van der Waals surface area (Å²) in [5.41, 5.74) is 4.81. The molecule has 42 heavy (non-hydrogen) atoms. The smallest absolute Gasteiger partial charge is 0.335 e. The van der Waals surface area contributed by atoms with E-state index in [4.69, 9.17) is 11.6 Å². The molecule has 1 unspecified atom stereocenters. The zero-order chi connectivity index (χ0) is 29.2. The van der Waals surface area contributed by atoms with Gasteiger partial charge < -0.3 is 10.3 Å². The Morgan fingerprint density at radius 1 is 1.00 bits per heavy atom. The van der Waals surface area contributed by atoms with Gasteiger partial charge in [-0.05, 0) is 70.1 Å². The molecule has 3 aromatic carbocycles. The molecule has 0 saturated carbocycles. The van der Waals surface area contributed by atoms with E-state index in [-0.39, 0.29) is 11.4 Å². The maximum Gasteiger partial charge on any atom is 0.335 e. The van der Waals surface area contributed by atoms with Crippen molar-refractivity contribution < 1.29 is 19.0 Å². The molecule has 0 aliphatic heterocycles. The Morgan fingerprint density at radius 3 is 2.45 bits per heavy atom. The van der Waals surface area contributed by atoms with E-state index in [1.165, 1.54) is 41.5 Å². The van der Waals surface area contributed by atoms with Crippen LogP contribution >= 0.6 is 11.6 Å². The van der Waals surface area contributed by atoms with Crippen molar-refractivity contribution in [2.24, 2.45) is 0 Å². The first-order valence-electron chi connectivity index (χ1n) is 12.7. The molecular weight excluding hydrogens is 561 g/mol. The summed E-state index contributed by atoms with van der Waals surface area (Å²) in [6.45, 7) is 0. The van der Waals surface area contributed by atoms with Crippen LogP contribution in [0.3, 0.4) is 0 Å². The topological polar surface area (TPSA) is 126 Å². The lowest BCUT2D eigenvalue weighted by atomic mass is 10.0. The number of halogens is 2. The molecule has 0 radical (unpaired) electrons. The number of carboxylic acids is 1. The minimum Gasteiger partial charge on any atom is -0.618 e. The van der Waals surface area contributed by atoms with E-state index in [2.05, 4.69) is 20.6 Å². The van der Waals surface area contributed by atoms with E-state index in [0.717, 1.165) is 21.4 Å². The van der Waals surface area contributed by atoms with Crippen LogP contribution in [0.4, 0.5) is 4.39 Å². The fourth-order valence-electron chi connectivity index (χ4n) is 4.76. The van der Waals surface area contributed by atoms with Gasteiger partial charge in [0.05, 0.1) is 17.4 Å². The van der Waals surface area contributed by atoms with Crippen molar-refractivity contribution in [3.05, 3.63) is 137 Å². The lowest BCUT2D eigenvalue weighted by Gasteiger charge is -2.18. The van der Waals surface area contributed by atoms with Gasteiger partial charge >= 0.3 is 5.97 Å². The maximum absolute atomic E-state index is 13.6. The van der Waals surface area contributed by atoms with Crippen LogP contribution in [-0.4, -0.2) is 41.1 Å². The van der Waals surface area contributed by atoms with E-state index in [0.29, 0.717) is 34.0 Å². The lowest BCUT2D eigenvalue weighted by Crippen LogP contribution is -2.36. The molecule has 0 amide bonds. The van der Waals surface area contributed by atoms with Crippen LogP contribution in [0, 0.1) is 11.0 Å². The monoisotopic (exact) mass is 581 g/mol. The van der Waals surface area contributed by atoms with Crippen molar-refractivity contribution in [3.63, 3.8) is 0 Å². The predicted molar refractivity (Wildman–Crippen MR) is 151 cm³/mol. The molecule has 1 atom stereocenters. The number of benzene rings is 3. The van der Waals surface area contributed by atoms with Gasteiger partial charge in [-0.25, -0.2) is 9.18 Å². The van der Waals surface area contributed by atoms with Gasteiger partial charge in [0.25, 0.3) is 0 Å². The molecule has 6 aromatic rings. The van der Waals surface area contributed by atoms with Crippen LogP contribution < -0.4 is 4.73 Å². The van der Waals surface area contributed by atoms with Crippen molar-refractivity contribution in [2.45, 2.75) is 12.5 Å². The Kier molecular flexibility index (Phi) is 7.16. The normalized spacial score (nSPS) is 11.9. The molecule has 0 fully saturated rings. The second-order valence-electron chi connectivity index (χ2n) is 9.52. The third-order valence-electron chi connectivity index (χ3n) is 6.88. The van der Waals surface area contributed by atoms with E-state index in [9.17, 15) is 19.5 Å². The molecule has 0 saturated heterocycles. The summed E-state index contributed by atoms with van der Waals surface area (Å²) >= 11 is 6.29. The van der Waals surface area contributed by atoms with Gasteiger partial charge in [-0.15, -0.1) is 5.10 Å². The number of rotatable bonds is 8. The van der Waals surface area contributed by atoms with Gasteiger partial charge in [0.1, 0.15) is 18.2 Å². The van der Waals surface area contributed by atoms with E-state index >= 15 is 0 Å². The van der Waals surface area contributed by atoms with Crippen LogP contribution in [0.2, 0.25) is 5.02 Å². The summed E-state index contributed by atoms with van der Waals surface area (Å²) < 4.78 is 17.6. The highest BCUT2D eigenvalue weighted by atomic mass is 35.5. The fraction of sp³-hybridized carbons (Fsp3) is 0.0667. The van der Waals surface area contributed by atoms with Crippen molar-refractivity contribution in [1.29, 1.82) is 0 Å². The quantitative estimate of drug-likeness (QED) is 0.195. The highest BCUT2D eigenvalue weighted by Crippen LogP contribution is 2.31. The van der Waals surface area contributed by atoms with Crippen molar-refractivity contribution in [2.75, 3.05) is 0 Å². The fourth-order valence-corrected chi connectivity index (χ4v) is 4.93. The second kappa shape index (κ2) is 11.2. The van der Waals surface area contributed by atoms with Crippen molar-refractivity contribution >= 4 is 17.6 Å². The Hall–Kier alpha value is -5.42. The number of tetrazole rings is 1. The number of aromatic nitrogens is 7. The highest BCUT2D eigenvalue weighted by molar-refractivity contribution is 6.31. The standard InChI is InChI=1S/C30H21ClFN7O3/c31-24-8-12-27(38-18-33-35-36-38)26(14-24)22-7-11-28(39(42)17-22)29(13-19-1-9-25(32)10-2-19)37-16-23(15-34-37)20-3-5-21(6-4-20)30(40)41/h1-12,14-18,29H,13H2,(H,40,41). The number of carbonyl (C=O) groups is 1. The number of aromatic carboxylic acids is 1. The Labute approximate surface area is 243 Å². The van der Waals surface area contributed by atoms with Gasteiger partial charge in [-0.2, -0.15) is 14.5 Å². The molecule has 1 N–H and O–H groups in total. The largest absolute Gasteiger partial charge is 0.618 e. The van der Waals surface area contributed by atoms with Crippen LogP contribution in [0.5, 0.6) is 0 Å². The average Bonchev–Trinajstić information content (AvgIpc) is 3.71. The Bertz CT molecular complexity index is 1870. The molecule has 6 rings (SSSR count). The maximum atomic E-state index is 13.6. The third-order valence-corrected chi connectivity index (χ3v) is 7.11. The molecule has 208 valence electrons. The molecule has 0 bridgehead atoms. The number of hydrogen-bond acceptors (Lipinski definition) is 6. The number of hydrogen-bond donors (Lipinski definition) is 1. The van der Waals surface area contributed by atoms with E-state index < -0.39 is 12.0 Å². The minimum absolute atomic E-state index is 0.177. The summed E-state index contributed by atoms with van der Waals surface area (Å²) in [7, 11) is 0. The van der Waals surface area contributed by atoms with Crippen LogP contribution in [-0.2, 0) is 6.42 Å². The average molecular weight is 582 g/mol. The molecular formula is C30H21ClFN7O3. The number of pyridine rings is 1. The Balaban J connectivity index is 1.40. The van der Waals surface area contributed by atoms with Crippen LogP contribution in [0.25, 0.3) is 27.9 Å². The zero-order valence-electron chi connectivity index (χ0n) is 21.7. The number of carboxylic acid groups (broad SMARTS) is 1. The zero-order valence-corrected chi connectivity index (χ0v) is 22.5. The summed E-state index contributed by atoms with van der Waals surface area (Å²) in [6, 6.07) is 20.8. The third kappa shape index (κ3) is 5.45. The molecule has 0 aliphatic rings. The van der Waals surface area contributed by atoms with E-state index in [1.807, 2.05) is 6.07 Å². The second-order valence-corrected chi connectivity index (χ2v) is 9.96. The first kappa shape index (κ1) is 26.8. The lowest BCUT2D eigenvalue weighted by molar-refractivity contribution is -0.615.